The second-order valence-corrected chi connectivity index (χ2v) is 4.42. The third-order valence-electron chi connectivity index (χ3n) is 2.26. The molecular weight excluding hydrogens is 246 g/mol. The lowest BCUT2D eigenvalue weighted by molar-refractivity contribution is -0.142. The van der Waals surface area contributed by atoms with Crippen LogP contribution >= 0.6 is 11.3 Å². The summed E-state index contributed by atoms with van der Waals surface area (Å²) in [7, 11) is 0. The van der Waals surface area contributed by atoms with Crippen molar-refractivity contribution in [2.24, 2.45) is 5.73 Å². The Bertz CT molecular complexity index is 442. The molecule has 0 aliphatic carbocycles. The number of ketones is 1. The largest absolute Gasteiger partial charge is 0.481 e. The molecule has 1 aromatic heterocycles. The van der Waals surface area contributed by atoms with Gasteiger partial charge in [-0.3, -0.25) is 9.59 Å². The molecular formula is C10H11NO5S. The molecule has 1 unspecified atom stereocenters. The van der Waals surface area contributed by atoms with Gasteiger partial charge in [-0.05, 0) is 17.9 Å². The van der Waals surface area contributed by atoms with Crippen molar-refractivity contribution in [3.8, 4) is 0 Å². The van der Waals surface area contributed by atoms with Crippen molar-refractivity contribution in [2.45, 2.75) is 18.4 Å². The fourth-order valence-electron chi connectivity index (χ4n) is 1.25. The summed E-state index contributed by atoms with van der Waals surface area (Å²) < 4.78 is 0. The average Bonchev–Trinajstić information content (AvgIpc) is 2.77. The number of aliphatic carboxylic acids is 2. The lowest BCUT2D eigenvalue weighted by Gasteiger charge is -2.21. The van der Waals surface area contributed by atoms with Gasteiger partial charge in [-0.1, -0.05) is 6.07 Å². The van der Waals surface area contributed by atoms with Crippen molar-refractivity contribution < 1.29 is 24.6 Å². The van der Waals surface area contributed by atoms with Crippen molar-refractivity contribution in [3.05, 3.63) is 22.4 Å². The normalized spacial score (nSPS) is 13.9. The van der Waals surface area contributed by atoms with E-state index in [1.165, 1.54) is 6.07 Å². The Balaban J connectivity index is 2.95. The van der Waals surface area contributed by atoms with E-state index in [9.17, 15) is 14.4 Å². The van der Waals surface area contributed by atoms with Gasteiger partial charge in [-0.25, -0.2) is 4.79 Å². The molecule has 92 valence electrons. The monoisotopic (exact) mass is 257 g/mol. The van der Waals surface area contributed by atoms with Crippen LogP contribution in [0.3, 0.4) is 0 Å². The topological polar surface area (TPSA) is 118 Å². The first kappa shape index (κ1) is 13.3. The summed E-state index contributed by atoms with van der Waals surface area (Å²) in [4.78, 5) is 33.6. The first-order valence-electron chi connectivity index (χ1n) is 4.70. The van der Waals surface area contributed by atoms with Gasteiger partial charge in [-0.15, -0.1) is 11.3 Å². The van der Waals surface area contributed by atoms with Gasteiger partial charge >= 0.3 is 11.9 Å². The van der Waals surface area contributed by atoms with Crippen LogP contribution in [0.2, 0.25) is 0 Å². The van der Waals surface area contributed by atoms with Crippen molar-refractivity contribution in [3.63, 3.8) is 0 Å². The molecule has 0 spiro atoms. The molecule has 7 heteroatoms. The molecule has 0 aliphatic heterocycles. The first-order valence-corrected chi connectivity index (χ1v) is 5.58. The molecule has 4 N–H and O–H groups in total. The predicted molar refractivity (Wildman–Crippen MR) is 60.1 cm³/mol. The van der Waals surface area contributed by atoms with E-state index in [-0.39, 0.29) is 4.88 Å². The van der Waals surface area contributed by atoms with Gasteiger partial charge < -0.3 is 15.9 Å². The van der Waals surface area contributed by atoms with Crippen LogP contribution in [0.4, 0.5) is 0 Å². The number of carbonyl (C=O) groups excluding carboxylic acids is 1. The van der Waals surface area contributed by atoms with E-state index < -0.39 is 36.1 Å². The summed E-state index contributed by atoms with van der Waals surface area (Å²) in [5, 5.41) is 19.1. The van der Waals surface area contributed by atoms with Crippen LogP contribution in [-0.4, -0.2) is 33.5 Å². The summed E-state index contributed by atoms with van der Waals surface area (Å²) >= 11 is 1.07. The van der Waals surface area contributed by atoms with Gasteiger partial charge in [-0.2, -0.15) is 0 Å². The molecule has 1 aromatic rings. The van der Waals surface area contributed by atoms with Crippen LogP contribution in [0, 0.1) is 0 Å². The van der Waals surface area contributed by atoms with E-state index >= 15 is 0 Å². The van der Waals surface area contributed by atoms with Gasteiger partial charge in [0, 0.05) is 6.42 Å². The smallest absolute Gasteiger partial charge is 0.331 e. The molecule has 0 bridgehead atoms. The van der Waals surface area contributed by atoms with E-state index in [0.717, 1.165) is 11.3 Å². The van der Waals surface area contributed by atoms with Crippen LogP contribution in [0.15, 0.2) is 17.5 Å². The molecule has 0 aromatic carbocycles. The molecule has 1 heterocycles. The number of Topliss-reactive ketones (excluding diaryl/α,β-unsaturated/α-hetero) is 1. The summed E-state index contributed by atoms with van der Waals surface area (Å²) in [6.45, 7) is 0. The second kappa shape index (κ2) is 5.07. The standard InChI is InChI=1S/C10H11NO5S/c11-10(9(15)16,4-3-7(12)13)8(14)6-2-1-5-17-6/h1-2,5H,3-4,11H2,(H,12,13)(H,15,16). The zero-order valence-corrected chi connectivity index (χ0v) is 9.57. The van der Waals surface area contributed by atoms with Gasteiger partial charge in [0.25, 0.3) is 0 Å². The number of hydrogen-bond acceptors (Lipinski definition) is 5. The number of nitrogens with two attached hydrogens (primary N) is 1. The van der Waals surface area contributed by atoms with E-state index in [0.29, 0.717) is 0 Å². The Morgan fingerprint density at radius 1 is 1.35 bits per heavy atom. The maximum atomic E-state index is 11.9. The predicted octanol–water partition coefficient (Wildman–Crippen LogP) is 0.578. The fourth-order valence-corrected chi connectivity index (χ4v) is 2.00. The number of rotatable bonds is 6. The highest BCUT2D eigenvalue weighted by atomic mass is 32.1. The SMILES string of the molecule is NC(CCC(=O)O)(C(=O)O)C(=O)c1cccs1. The Kier molecular flexibility index (Phi) is 3.97. The molecule has 1 atom stereocenters. The van der Waals surface area contributed by atoms with Gasteiger partial charge in [0.2, 0.25) is 5.78 Å². The minimum atomic E-state index is -2.18. The van der Waals surface area contributed by atoms with Crippen LogP contribution in [0.5, 0.6) is 0 Å². The summed E-state index contributed by atoms with van der Waals surface area (Å²) in [5.41, 5.74) is 3.34. The zero-order valence-electron chi connectivity index (χ0n) is 8.75. The minimum absolute atomic E-state index is 0.209. The van der Waals surface area contributed by atoms with Crippen LogP contribution in [0.1, 0.15) is 22.5 Å². The highest BCUT2D eigenvalue weighted by molar-refractivity contribution is 7.12. The third kappa shape index (κ3) is 2.89. The van der Waals surface area contributed by atoms with Crippen LogP contribution < -0.4 is 5.73 Å². The van der Waals surface area contributed by atoms with Crippen molar-refractivity contribution in [2.75, 3.05) is 0 Å². The molecule has 0 amide bonds. The lowest BCUT2D eigenvalue weighted by atomic mass is 9.89. The Labute approximate surface area is 101 Å². The fraction of sp³-hybridized carbons (Fsp3) is 0.300. The highest BCUT2D eigenvalue weighted by Gasteiger charge is 2.43. The van der Waals surface area contributed by atoms with E-state index in [1.54, 1.807) is 11.4 Å². The number of thiophene rings is 1. The zero-order chi connectivity index (χ0) is 13.1. The Morgan fingerprint density at radius 3 is 2.41 bits per heavy atom. The molecule has 0 fully saturated rings. The Hall–Kier alpha value is -1.73. The molecule has 0 aliphatic rings. The molecule has 0 saturated carbocycles. The van der Waals surface area contributed by atoms with E-state index in [1.807, 2.05) is 0 Å². The van der Waals surface area contributed by atoms with Gasteiger partial charge in [0.1, 0.15) is 0 Å². The number of carbonyl (C=O) groups is 3. The molecule has 17 heavy (non-hydrogen) atoms. The molecule has 0 radical (unpaired) electrons. The van der Waals surface area contributed by atoms with Crippen molar-refractivity contribution >= 4 is 29.1 Å². The van der Waals surface area contributed by atoms with E-state index in [2.05, 4.69) is 0 Å². The average molecular weight is 257 g/mol. The maximum absolute atomic E-state index is 11.9. The lowest BCUT2D eigenvalue weighted by Crippen LogP contribution is -2.55. The molecule has 0 saturated heterocycles. The van der Waals surface area contributed by atoms with Crippen molar-refractivity contribution in [1.82, 2.24) is 0 Å². The second-order valence-electron chi connectivity index (χ2n) is 3.48. The maximum Gasteiger partial charge on any atom is 0.331 e. The Morgan fingerprint density at radius 2 is 2.00 bits per heavy atom. The number of carboxylic acid groups (broad SMARTS) is 2. The molecule has 6 nitrogen and oxygen atoms in total. The van der Waals surface area contributed by atoms with Gasteiger partial charge in [0.15, 0.2) is 5.54 Å². The minimum Gasteiger partial charge on any atom is -0.481 e. The quantitative estimate of drug-likeness (QED) is 0.506. The third-order valence-corrected chi connectivity index (χ3v) is 3.13. The number of carboxylic acids is 2. The summed E-state index contributed by atoms with van der Waals surface area (Å²) in [6, 6.07) is 3.05. The summed E-state index contributed by atoms with van der Waals surface area (Å²) in [5.74, 6) is -3.47. The number of hydrogen-bond donors (Lipinski definition) is 3. The first-order chi connectivity index (χ1) is 7.88. The van der Waals surface area contributed by atoms with E-state index in [4.69, 9.17) is 15.9 Å². The van der Waals surface area contributed by atoms with Crippen molar-refractivity contribution in [1.29, 1.82) is 0 Å². The van der Waals surface area contributed by atoms with Crippen LogP contribution in [-0.2, 0) is 9.59 Å². The van der Waals surface area contributed by atoms with Crippen LogP contribution in [0.25, 0.3) is 0 Å². The molecule has 1 rings (SSSR count). The summed E-state index contributed by atoms with van der Waals surface area (Å²) in [6.07, 6.45) is -0.908. The highest BCUT2D eigenvalue weighted by Crippen LogP contribution is 2.20. The van der Waals surface area contributed by atoms with Gasteiger partial charge in [0.05, 0.1) is 4.88 Å².